The summed E-state index contributed by atoms with van der Waals surface area (Å²) in [6, 6.07) is 0. The van der Waals surface area contributed by atoms with Crippen LogP contribution in [0.25, 0.3) is 11.2 Å². The van der Waals surface area contributed by atoms with E-state index in [9.17, 15) is 0 Å². The minimum absolute atomic E-state index is 0.414. The summed E-state index contributed by atoms with van der Waals surface area (Å²) in [6.07, 6.45) is 3.17. The first-order valence-corrected chi connectivity index (χ1v) is 3.35. The first kappa shape index (κ1) is 6.36. The molecule has 2 aromatic rings. The van der Waals surface area contributed by atoms with Crippen LogP contribution in [-0.4, -0.2) is 25.3 Å². The van der Waals surface area contributed by atoms with Crippen molar-refractivity contribution in [3.8, 4) is 0 Å². The largest absolute Gasteiger partial charge is 0.329 e. The van der Waals surface area contributed by atoms with Crippen LogP contribution in [0, 0.1) is 0 Å². The highest BCUT2D eigenvalue weighted by molar-refractivity contribution is 7.79. The Labute approximate surface area is 67.7 Å². The average molecular weight is 163 g/mol. The van der Waals surface area contributed by atoms with Crippen molar-refractivity contribution in [3.63, 3.8) is 0 Å². The molecule has 5 heteroatoms. The normalized spacial score (nSPS) is 10.2. The minimum Gasteiger partial charge on any atom is -0.329 e. The van der Waals surface area contributed by atoms with Crippen LogP contribution in [0.4, 0.5) is 0 Å². The lowest BCUT2D eigenvalue weighted by molar-refractivity contribution is 1.18. The van der Waals surface area contributed by atoms with Crippen LogP contribution in [0.3, 0.4) is 0 Å². The Kier molecular flexibility index (Phi) is 1.36. The maximum atomic E-state index is 4.55. The van der Waals surface area contributed by atoms with Gasteiger partial charge in [0.2, 0.25) is 0 Å². The summed E-state index contributed by atoms with van der Waals surface area (Å²) >= 11 is 4.55. The highest BCUT2D eigenvalue weighted by Gasteiger charge is 1.97. The van der Waals surface area contributed by atoms with Gasteiger partial charge in [-0.2, -0.15) is 0 Å². The van der Waals surface area contributed by atoms with E-state index in [-0.39, 0.29) is 0 Å². The second-order valence-electron chi connectivity index (χ2n) is 1.93. The second-order valence-corrected chi connectivity index (χ2v) is 2.14. The SMILES string of the molecule is S=[C]c1ncc2nc[nH]c2n1. The molecule has 0 unspecified atom stereocenters. The fraction of sp³-hybridized carbons (Fsp3) is 0. The lowest BCUT2D eigenvalue weighted by Gasteiger charge is -1.87. The molecular weight excluding hydrogens is 160 g/mol. The summed E-state index contributed by atoms with van der Waals surface area (Å²) in [5.74, 6) is 0.414. The smallest absolute Gasteiger partial charge is 0.174 e. The molecule has 0 aliphatic heterocycles. The van der Waals surface area contributed by atoms with E-state index in [0.717, 1.165) is 5.52 Å². The average Bonchev–Trinajstić information content (AvgIpc) is 2.50. The first-order chi connectivity index (χ1) is 5.40. The number of thiocarbonyl (C=S) groups is 1. The standard InChI is InChI=1S/C6H3N4S/c11-2-5-7-1-4-6(10-5)9-3-8-4/h1,3H,(H,7,8,9,10). The predicted molar refractivity (Wildman–Crippen MR) is 43.4 cm³/mol. The zero-order valence-corrected chi connectivity index (χ0v) is 6.22. The molecule has 0 saturated carbocycles. The van der Waals surface area contributed by atoms with Crippen LogP contribution in [0.15, 0.2) is 12.5 Å². The molecule has 0 aliphatic carbocycles. The van der Waals surface area contributed by atoms with Gasteiger partial charge in [-0.1, -0.05) is 12.2 Å². The fourth-order valence-corrected chi connectivity index (χ4v) is 0.887. The van der Waals surface area contributed by atoms with E-state index < -0.39 is 0 Å². The van der Waals surface area contributed by atoms with Gasteiger partial charge in [-0.05, 0) is 0 Å². The van der Waals surface area contributed by atoms with Crippen molar-refractivity contribution in [2.24, 2.45) is 0 Å². The monoisotopic (exact) mass is 163 g/mol. The van der Waals surface area contributed by atoms with Gasteiger partial charge < -0.3 is 4.98 Å². The molecule has 0 amide bonds. The van der Waals surface area contributed by atoms with Crippen molar-refractivity contribution in [1.82, 2.24) is 19.9 Å². The summed E-state index contributed by atoms with van der Waals surface area (Å²) in [5.41, 5.74) is 1.42. The Morgan fingerprint density at radius 3 is 3.18 bits per heavy atom. The van der Waals surface area contributed by atoms with Gasteiger partial charge >= 0.3 is 0 Å². The van der Waals surface area contributed by atoms with Gasteiger partial charge in [0.05, 0.1) is 12.5 Å². The Balaban J connectivity index is 2.76. The molecule has 53 valence electrons. The molecule has 0 fully saturated rings. The third kappa shape index (κ3) is 0.988. The zero-order chi connectivity index (χ0) is 7.68. The lowest BCUT2D eigenvalue weighted by Crippen LogP contribution is -1.90. The molecule has 0 aliphatic rings. The van der Waals surface area contributed by atoms with Gasteiger partial charge in [-0.15, -0.1) is 0 Å². The van der Waals surface area contributed by atoms with Gasteiger partial charge in [-0.25, -0.2) is 15.0 Å². The molecule has 0 bridgehead atoms. The molecule has 2 aromatic heterocycles. The summed E-state index contributed by atoms with van der Waals surface area (Å²) in [4.78, 5) is 14.7. The summed E-state index contributed by atoms with van der Waals surface area (Å²) in [7, 11) is 0. The number of hydrogen-bond donors (Lipinski definition) is 1. The second kappa shape index (κ2) is 2.35. The first-order valence-electron chi connectivity index (χ1n) is 2.94. The molecule has 0 saturated heterocycles. The molecule has 4 nitrogen and oxygen atoms in total. The van der Waals surface area contributed by atoms with Crippen molar-refractivity contribution in [1.29, 1.82) is 0 Å². The van der Waals surface area contributed by atoms with E-state index in [1.54, 1.807) is 12.5 Å². The van der Waals surface area contributed by atoms with Crippen LogP contribution < -0.4 is 0 Å². The topological polar surface area (TPSA) is 54.5 Å². The molecule has 1 radical (unpaired) electrons. The number of nitrogens with one attached hydrogen (secondary N) is 1. The van der Waals surface area contributed by atoms with E-state index in [2.05, 4.69) is 37.5 Å². The molecule has 0 atom stereocenters. The highest BCUT2D eigenvalue weighted by Crippen LogP contribution is 2.02. The van der Waals surface area contributed by atoms with Crippen molar-refractivity contribution in [2.75, 3.05) is 0 Å². The molecule has 2 rings (SSSR count). The van der Waals surface area contributed by atoms with Gasteiger partial charge in [0, 0.05) is 0 Å². The van der Waals surface area contributed by atoms with E-state index in [4.69, 9.17) is 0 Å². The number of aromatic amines is 1. The zero-order valence-electron chi connectivity index (χ0n) is 5.40. The molecular formula is C6H3N4S. The molecule has 0 aromatic carbocycles. The third-order valence-electron chi connectivity index (χ3n) is 1.27. The lowest BCUT2D eigenvalue weighted by atomic mass is 10.5. The summed E-state index contributed by atoms with van der Waals surface area (Å²) < 4.78 is 0. The van der Waals surface area contributed by atoms with E-state index >= 15 is 0 Å². The Bertz CT molecular complexity index is 394. The van der Waals surface area contributed by atoms with Crippen LogP contribution in [0.1, 0.15) is 5.82 Å². The van der Waals surface area contributed by atoms with E-state index in [1.807, 2.05) is 0 Å². The number of H-pyrrole nitrogens is 1. The number of aromatic nitrogens is 4. The van der Waals surface area contributed by atoms with Crippen LogP contribution in [0.5, 0.6) is 0 Å². The number of rotatable bonds is 1. The summed E-state index contributed by atoms with van der Waals surface area (Å²) in [6.45, 7) is 0. The predicted octanol–water partition coefficient (Wildman–Crippen LogP) is 0.578. The van der Waals surface area contributed by atoms with E-state index in [1.165, 1.54) is 0 Å². The maximum absolute atomic E-state index is 4.55. The third-order valence-corrected chi connectivity index (χ3v) is 1.45. The van der Waals surface area contributed by atoms with E-state index in [0.29, 0.717) is 11.5 Å². The van der Waals surface area contributed by atoms with Crippen molar-refractivity contribution in [3.05, 3.63) is 18.3 Å². The molecule has 2 heterocycles. The van der Waals surface area contributed by atoms with Gasteiger partial charge in [0.15, 0.2) is 11.5 Å². The minimum atomic E-state index is 0.414. The van der Waals surface area contributed by atoms with Crippen LogP contribution >= 0.6 is 12.2 Å². The summed E-state index contributed by atoms with van der Waals surface area (Å²) in [5, 5.41) is 2.42. The van der Waals surface area contributed by atoms with Crippen molar-refractivity contribution >= 4 is 28.7 Å². The number of hydrogen-bond acceptors (Lipinski definition) is 4. The van der Waals surface area contributed by atoms with Crippen LogP contribution in [0.2, 0.25) is 0 Å². The fourth-order valence-electron chi connectivity index (χ4n) is 0.788. The maximum Gasteiger partial charge on any atom is 0.174 e. The van der Waals surface area contributed by atoms with Crippen LogP contribution in [-0.2, 0) is 0 Å². The Morgan fingerprint density at radius 2 is 2.36 bits per heavy atom. The number of fused-ring (bicyclic) bond motifs is 1. The number of imidazole rings is 1. The van der Waals surface area contributed by atoms with Gasteiger partial charge in [0.1, 0.15) is 10.9 Å². The molecule has 11 heavy (non-hydrogen) atoms. The highest BCUT2D eigenvalue weighted by atomic mass is 32.1. The van der Waals surface area contributed by atoms with Gasteiger partial charge in [-0.3, -0.25) is 0 Å². The van der Waals surface area contributed by atoms with Gasteiger partial charge in [0.25, 0.3) is 0 Å². The van der Waals surface area contributed by atoms with Crippen molar-refractivity contribution in [2.45, 2.75) is 0 Å². The van der Waals surface area contributed by atoms with Crippen molar-refractivity contribution < 1.29 is 0 Å². The molecule has 1 N–H and O–H groups in total. The number of nitrogens with zero attached hydrogens (tertiary/aromatic N) is 3. The Hall–Kier alpha value is -1.36. The quantitative estimate of drug-likeness (QED) is 0.625. The Morgan fingerprint density at radius 1 is 1.45 bits per heavy atom. The molecule has 0 spiro atoms.